The number of benzene rings is 2. The highest BCUT2D eigenvalue weighted by Crippen LogP contribution is 2.17. The fourth-order valence-electron chi connectivity index (χ4n) is 3.43. The van der Waals surface area contributed by atoms with Crippen LogP contribution in [-0.4, -0.2) is 51.2 Å². The summed E-state index contributed by atoms with van der Waals surface area (Å²) < 4.78 is 42.0. The number of halogens is 1. The van der Waals surface area contributed by atoms with E-state index in [1.165, 1.54) is 63.7 Å². The van der Waals surface area contributed by atoms with Gasteiger partial charge < -0.3 is 0 Å². The predicted molar refractivity (Wildman–Crippen MR) is 123 cm³/mol. The lowest BCUT2D eigenvalue weighted by molar-refractivity contribution is 0.101. The minimum Gasteiger partial charge on any atom is -0.267 e. The first-order valence-electron chi connectivity index (χ1n) is 10.4. The molecule has 176 valence electrons. The van der Waals surface area contributed by atoms with Crippen molar-refractivity contribution >= 4 is 27.0 Å². The lowest BCUT2D eigenvalue weighted by atomic mass is 10.2. The number of rotatable bonds is 7. The van der Waals surface area contributed by atoms with E-state index in [4.69, 9.17) is 0 Å². The molecule has 0 unspecified atom stereocenters. The van der Waals surface area contributed by atoms with Gasteiger partial charge in [0, 0.05) is 18.7 Å². The Morgan fingerprint density at radius 3 is 2.32 bits per heavy atom. The van der Waals surface area contributed by atoms with Gasteiger partial charge in [-0.05, 0) is 48.5 Å². The zero-order valence-electron chi connectivity index (χ0n) is 18.3. The molecule has 2 heterocycles. The predicted octanol–water partition coefficient (Wildman–Crippen LogP) is 2.14. The van der Waals surface area contributed by atoms with Crippen LogP contribution in [0.2, 0.25) is 0 Å². The second-order valence-corrected chi connectivity index (χ2v) is 9.18. The molecule has 34 heavy (non-hydrogen) atoms. The van der Waals surface area contributed by atoms with Crippen molar-refractivity contribution in [3.63, 3.8) is 0 Å². The Balaban J connectivity index is 1.58. The number of hydrogen-bond donors (Lipinski definition) is 1. The van der Waals surface area contributed by atoms with Gasteiger partial charge in [0.1, 0.15) is 17.5 Å². The Bertz CT molecular complexity index is 1510. The van der Waals surface area contributed by atoms with Gasteiger partial charge in [0.25, 0.3) is 11.5 Å². The number of carbonyl (C=O) groups is 1. The van der Waals surface area contributed by atoms with Gasteiger partial charge in [0.15, 0.2) is 5.65 Å². The summed E-state index contributed by atoms with van der Waals surface area (Å²) in [4.78, 5) is 29.8. The Labute approximate surface area is 194 Å². The Hall–Kier alpha value is -3.90. The van der Waals surface area contributed by atoms with Crippen LogP contribution in [0.25, 0.3) is 16.7 Å². The van der Waals surface area contributed by atoms with Gasteiger partial charge in [-0.3, -0.25) is 15.0 Å². The van der Waals surface area contributed by atoms with Gasteiger partial charge in [-0.2, -0.15) is 9.40 Å². The van der Waals surface area contributed by atoms with Gasteiger partial charge in [-0.15, -0.1) is 0 Å². The van der Waals surface area contributed by atoms with Gasteiger partial charge >= 0.3 is 0 Å². The quantitative estimate of drug-likeness (QED) is 0.429. The zero-order valence-corrected chi connectivity index (χ0v) is 19.2. The molecule has 0 aliphatic heterocycles. The van der Waals surface area contributed by atoms with Gasteiger partial charge in [-0.1, -0.05) is 13.8 Å². The van der Waals surface area contributed by atoms with Crippen LogP contribution in [0.5, 0.6) is 0 Å². The Morgan fingerprint density at radius 2 is 1.71 bits per heavy atom. The van der Waals surface area contributed by atoms with Crippen LogP contribution in [0.1, 0.15) is 24.2 Å². The number of aromatic nitrogens is 4. The van der Waals surface area contributed by atoms with Gasteiger partial charge in [0.2, 0.25) is 10.0 Å². The molecule has 1 amide bonds. The van der Waals surface area contributed by atoms with Crippen LogP contribution in [0.15, 0.2) is 70.7 Å². The number of hydrogen-bond acceptors (Lipinski definition) is 6. The molecule has 10 nitrogen and oxygen atoms in total. The van der Waals surface area contributed by atoms with Crippen LogP contribution < -0.4 is 11.0 Å². The highest BCUT2D eigenvalue weighted by atomic mass is 32.2. The molecule has 0 bridgehead atoms. The molecule has 0 aliphatic rings. The molecule has 12 heteroatoms. The lowest BCUT2D eigenvalue weighted by Gasteiger charge is -2.18. The number of fused-ring (bicyclic) bond motifs is 1. The summed E-state index contributed by atoms with van der Waals surface area (Å²) in [6, 6.07) is 11.0. The van der Waals surface area contributed by atoms with E-state index in [0.717, 1.165) is 11.0 Å². The van der Waals surface area contributed by atoms with Crippen LogP contribution in [-0.2, 0) is 10.0 Å². The summed E-state index contributed by atoms with van der Waals surface area (Å²) in [7, 11) is -3.65. The van der Waals surface area contributed by atoms with E-state index in [1.54, 1.807) is 13.8 Å². The van der Waals surface area contributed by atoms with E-state index < -0.39 is 27.3 Å². The van der Waals surface area contributed by atoms with Crippen molar-refractivity contribution < 1.29 is 17.6 Å². The molecular formula is C22H21FN6O4S. The van der Waals surface area contributed by atoms with Crippen LogP contribution in [0, 0.1) is 5.82 Å². The van der Waals surface area contributed by atoms with Crippen molar-refractivity contribution in [3.8, 4) is 5.69 Å². The van der Waals surface area contributed by atoms with Crippen LogP contribution in [0.3, 0.4) is 0 Å². The molecule has 0 saturated heterocycles. The van der Waals surface area contributed by atoms with E-state index in [9.17, 15) is 22.4 Å². The molecule has 0 atom stereocenters. The SMILES string of the molecule is CCN(CC)S(=O)(=O)c1ccc(C(=O)Nn2cnc3c(cnn3-c3ccc(F)cc3)c2=O)cc1. The maximum Gasteiger partial charge on any atom is 0.283 e. The van der Waals surface area contributed by atoms with Crippen LogP contribution >= 0.6 is 0 Å². The minimum absolute atomic E-state index is 0.0706. The summed E-state index contributed by atoms with van der Waals surface area (Å²) >= 11 is 0. The van der Waals surface area contributed by atoms with Crippen molar-refractivity contribution in [3.05, 3.63) is 82.8 Å². The highest BCUT2D eigenvalue weighted by Gasteiger charge is 2.22. The van der Waals surface area contributed by atoms with Crippen molar-refractivity contribution in [2.24, 2.45) is 0 Å². The molecule has 2 aromatic heterocycles. The van der Waals surface area contributed by atoms with Crippen molar-refractivity contribution in [2.45, 2.75) is 18.7 Å². The third-order valence-electron chi connectivity index (χ3n) is 5.24. The number of nitrogens with one attached hydrogen (secondary N) is 1. The minimum atomic E-state index is -3.65. The summed E-state index contributed by atoms with van der Waals surface area (Å²) in [6.45, 7) is 4.15. The maximum absolute atomic E-state index is 13.2. The largest absolute Gasteiger partial charge is 0.283 e. The van der Waals surface area contributed by atoms with E-state index in [1.807, 2.05) is 0 Å². The molecule has 0 spiro atoms. The second kappa shape index (κ2) is 9.15. The third-order valence-corrected chi connectivity index (χ3v) is 7.31. The van der Waals surface area contributed by atoms with Crippen molar-refractivity contribution in [1.29, 1.82) is 0 Å². The normalized spacial score (nSPS) is 11.8. The smallest absolute Gasteiger partial charge is 0.267 e. The molecule has 0 fully saturated rings. The van der Waals surface area contributed by atoms with Gasteiger partial charge in [-0.25, -0.2) is 27.2 Å². The summed E-state index contributed by atoms with van der Waals surface area (Å²) in [5.74, 6) is -1.03. The average molecular weight is 485 g/mol. The molecule has 4 aromatic rings. The Morgan fingerprint density at radius 1 is 1.06 bits per heavy atom. The average Bonchev–Trinajstić information content (AvgIpc) is 3.27. The molecule has 0 saturated carbocycles. The maximum atomic E-state index is 13.2. The van der Waals surface area contributed by atoms with Crippen molar-refractivity contribution in [1.82, 2.24) is 23.7 Å². The number of amides is 1. The van der Waals surface area contributed by atoms with E-state index >= 15 is 0 Å². The van der Waals surface area contributed by atoms with Crippen molar-refractivity contribution in [2.75, 3.05) is 18.5 Å². The summed E-state index contributed by atoms with van der Waals surface area (Å²) in [6.07, 6.45) is 2.45. The van der Waals surface area contributed by atoms with E-state index in [0.29, 0.717) is 18.8 Å². The molecule has 2 aromatic carbocycles. The molecule has 0 radical (unpaired) electrons. The third kappa shape index (κ3) is 4.20. The summed E-state index contributed by atoms with van der Waals surface area (Å²) in [5, 5.41) is 4.29. The fourth-order valence-corrected chi connectivity index (χ4v) is 4.89. The first kappa shape index (κ1) is 23.3. The molecule has 0 aliphatic carbocycles. The molecule has 1 N–H and O–H groups in total. The van der Waals surface area contributed by atoms with Crippen LogP contribution in [0.4, 0.5) is 4.39 Å². The number of carbonyl (C=O) groups excluding carboxylic acids is 1. The first-order chi connectivity index (χ1) is 16.3. The lowest BCUT2D eigenvalue weighted by Crippen LogP contribution is -2.33. The fraction of sp³-hybridized carbons (Fsp3) is 0.182. The molecule has 4 rings (SSSR count). The molecular weight excluding hydrogens is 463 g/mol. The standard InChI is InChI=1S/C22H21FN6O4S/c1-3-27(4-2)34(32,33)18-11-5-15(6-12-18)21(30)26-28-14-24-20-19(22(28)31)13-25-29(20)17-9-7-16(23)8-10-17/h5-14H,3-4H2,1-2H3,(H,26,30). The summed E-state index contributed by atoms with van der Waals surface area (Å²) in [5.41, 5.74) is 2.79. The highest BCUT2D eigenvalue weighted by molar-refractivity contribution is 7.89. The Kier molecular flexibility index (Phi) is 6.26. The second-order valence-electron chi connectivity index (χ2n) is 7.24. The van der Waals surface area contributed by atoms with E-state index in [2.05, 4.69) is 15.5 Å². The van der Waals surface area contributed by atoms with Gasteiger partial charge in [0.05, 0.1) is 16.8 Å². The van der Waals surface area contributed by atoms with E-state index in [-0.39, 0.29) is 21.5 Å². The monoisotopic (exact) mass is 484 g/mol. The zero-order chi connectivity index (χ0) is 24.5. The topological polar surface area (TPSA) is 119 Å². The number of sulfonamides is 1. The first-order valence-corrected chi connectivity index (χ1v) is 11.8. The number of nitrogens with zero attached hydrogens (tertiary/aromatic N) is 5.